The first-order valence-electron chi connectivity index (χ1n) is 8.05. The van der Waals surface area contributed by atoms with Crippen molar-refractivity contribution in [2.24, 2.45) is 0 Å². The minimum atomic E-state index is -0.347. The summed E-state index contributed by atoms with van der Waals surface area (Å²) in [7, 11) is 1.72. The molecular formula is C16H25N3O3. The summed E-state index contributed by atoms with van der Waals surface area (Å²) in [5.74, 6) is -0.00933. The highest BCUT2D eigenvalue weighted by atomic mass is 16.5. The Morgan fingerprint density at radius 1 is 1.50 bits per heavy atom. The van der Waals surface area contributed by atoms with Gasteiger partial charge in [0.2, 0.25) is 0 Å². The number of carbonyl (C=O) groups excluding carboxylic acids is 1. The van der Waals surface area contributed by atoms with Crippen molar-refractivity contribution < 1.29 is 14.6 Å². The zero-order chi connectivity index (χ0) is 15.9. The normalized spacial score (nSPS) is 31.6. The van der Waals surface area contributed by atoms with Crippen LogP contribution in [0.4, 0.5) is 0 Å². The van der Waals surface area contributed by atoms with Crippen molar-refractivity contribution in [3.63, 3.8) is 0 Å². The fraction of sp³-hybridized carbons (Fsp3) is 0.750. The maximum absolute atomic E-state index is 12.8. The van der Waals surface area contributed by atoms with Gasteiger partial charge in [-0.1, -0.05) is 0 Å². The molecule has 1 saturated heterocycles. The second-order valence-electron chi connectivity index (χ2n) is 6.76. The van der Waals surface area contributed by atoms with Crippen LogP contribution < -0.4 is 0 Å². The molecule has 1 saturated carbocycles. The number of likely N-dealkylation sites (tertiary alicyclic amines) is 1. The standard InChI is InChI=1S/C16H25N3O3/c1-11(2)19-10-12(9-17-19)15(21)18-7-6-16(22-3)5-4-13(20)8-14(16)18/h9-11,13-14,20H,4-8H2,1-3H3/t13-,14+,16-/m1/s1. The Labute approximate surface area is 131 Å². The molecule has 1 aromatic rings. The average Bonchev–Trinajstić information content (AvgIpc) is 3.12. The first-order valence-corrected chi connectivity index (χ1v) is 8.05. The Bertz CT molecular complexity index is 557. The third-order valence-corrected chi connectivity index (χ3v) is 5.20. The van der Waals surface area contributed by atoms with Gasteiger partial charge in [-0.05, 0) is 39.5 Å². The van der Waals surface area contributed by atoms with E-state index in [4.69, 9.17) is 4.74 Å². The van der Waals surface area contributed by atoms with Crippen LogP contribution in [0.15, 0.2) is 12.4 Å². The predicted molar refractivity (Wildman–Crippen MR) is 81.7 cm³/mol. The molecule has 22 heavy (non-hydrogen) atoms. The van der Waals surface area contributed by atoms with Crippen molar-refractivity contribution >= 4 is 5.91 Å². The predicted octanol–water partition coefficient (Wildman–Crippen LogP) is 1.61. The molecule has 6 nitrogen and oxygen atoms in total. The number of aliphatic hydroxyl groups excluding tert-OH is 1. The molecule has 1 aliphatic heterocycles. The van der Waals surface area contributed by atoms with Gasteiger partial charge in [0.1, 0.15) is 0 Å². The number of hydrogen-bond donors (Lipinski definition) is 1. The molecule has 1 aromatic heterocycles. The van der Waals surface area contributed by atoms with Gasteiger partial charge in [-0.2, -0.15) is 5.10 Å². The maximum Gasteiger partial charge on any atom is 0.257 e. The lowest BCUT2D eigenvalue weighted by molar-refractivity contribution is -0.0824. The number of rotatable bonds is 3. The van der Waals surface area contributed by atoms with E-state index in [9.17, 15) is 9.90 Å². The van der Waals surface area contributed by atoms with Crippen LogP contribution in [-0.4, -0.2) is 57.1 Å². The fourth-order valence-electron chi connectivity index (χ4n) is 3.82. The molecule has 1 amide bonds. The second-order valence-corrected chi connectivity index (χ2v) is 6.76. The minimum absolute atomic E-state index is 0.00933. The first-order chi connectivity index (χ1) is 10.5. The molecule has 2 fully saturated rings. The van der Waals surface area contributed by atoms with Crippen molar-refractivity contribution in [3.05, 3.63) is 18.0 Å². The third-order valence-electron chi connectivity index (χ3n) is 5.20. The largest absolute Gasteiger partial charge is 0.393 e. The van der Waals surface area contributed by atoms with Gasteiger partial charge in [-0.25, -0.2) is 0 Å². The third kappa shape index (κ3) is 2.44. The number of aromatic nitrogens is 2. The van der Waals surface area contributed by atoms with Gasteiger partial charge in [0.25, 0.3) is 5.91 Å². The monoisotopic (exact) mass is 307 g/mol. The topological polar surface area (TPSA) is 67.6 Å². The lowest BCUT2D eigenvalue weighted by atomic mass is 9.79. The van der Waals surface area contributed by atoms with Crippen LogP contribution in [0, 0.1) is 0 Å². The lowest BCUT2D eigenvalue weighted by Gasteiger charge is -2.42. The van der Waals surface area contributed by atoms with E-state index in [1.165, 1.54) is 0 Å². The fourth-order valence-corrected chi connectivity index (χ4v) is 3.82. The smallest absolute Gasteiger partial charge is 0.257 e. The first kappa shape index (κ1) is 15.5. The second kappa shape index (κ2) is 5.66. The highest BCUT2D eigenvalue weighted by Gasteiger charge is 2.52. The number of carbonyl (C=O) groups is 1. The van der Waals surface area contributed by atoms with Crippen LogP contribution in [0.5, 0.6) is 0 Å². The van der Waals surface area contributed by atoms with Crippen LogP contribution in [0.1, 0.15) is 55.9 Å². The highest BCUT2D eigenvalue weighted by molar-refractivity contribution is 5.94. The van der Waals surface area contributed by atoms with Crippen molar-refractivity contribution in [1.29, 1.82) is 0 Å². The van der Waals surface area contributed by atoms with Gasteiger partial charge in [0.05, 0.1) is 29.5 Å². The molecule has 6 heteroatoms. The van der Waals surface area contributed by atoms with E-state index in [-0.39, 0.29) is 29.7 Å². The van der Waals surface area contributed by atoms with Crippen LogP contribution in [0.2, 0.25) is 0 Å². The molecule has 0 spiro atoms. The molecule has 2 aliphatic rings. The molecular weight excluding hydrogens is 282 g/mol. The number of aliphatic hydroxyl groups is 1. The summed E-state index contributed by atoms with van der Waals surface area (Å²) < 4.78 is 7.58. The number of ether oxygens (including phenoxy) is 1. The molecule has 3 atom stereocenters. The zero-order valence-corrected chi connectivity index (χ0v) is 13.5. The van der Waals surface area contributed by atoms with Gasteiger partial charge in [-0.3, -0.25) is 9.48 Å². The number of fused-ring (bicyclic) bond motifs is 1. The van der Waals surface area contributed by atoms with E-state index < -0.39 is 0 Å². The number of amides is 1. The minimum Gasteiger partial charge on any atom is -0.393 e. The SMILES string of the molecule is CO[C@@]12CC[C@@H](O)C[C@@H]1N(C(=O)c1cnn(C(C)C)c1)CC2. The summed E-state index contributed by atoms with van der Waals surface area (Å²) in [4.78, 5) is 14.7. The van der Waals surface area contributed by atoms with E-state index >= 15 is 0 Å². The molecule has 2 heterocycles. The Kier molecular flexibility index (Phi) is 3.99. The van der Waals surface area contributed by atoms with Gasteiger partial charge in [-0.15, -0.1) is 0 Å². The zero-order valence-electron chi connectivity index (χ0n) is 13.5. The molecule has 1 aliphatic carbocycles. The van der Waals surface area contributed by atoms with E-state index in [2.05, 4.69) is 5.10 Å². The van der Waals surface area contributed by atoms with Gasteiger partial charge >= 0.3 is 0 Å². The Morgan fingerprint density at radius 2 is 2.27 bits per heavy atom. The van der Waals surface area contributed by atoms with Crippen molar-refractivity contribution in [2.75, 3.05) is 13.7 Å². The van der Waals surface area contributed by atoms with Crippen LogP contribution in [0.25, 0.3) is 0 Å². The Morgan fingerprint density at radius 3 is 2.91 bits per heavy atom. The van der Waals surface area contributed by atoms with E-state index in [1.807, 2.05) is 18.7 Å². The number of methoxy groups -OCH3 is 1. The van der Waals surface area contributed by atoms with E-state index in [0.29, 0.717) is 18.5 Å². The lowest BCUT2D eigenvalue weighted by Crippen LogP contribution is -2.52. The molecule has 1 N–H and O–H groups in total. The number of nitrogens with zero attached hydrogens (tertiary/aromatic N) is 3. The summed E-state index contributed by atoms with van der Waals surface area (Å²) in [6.07, 6.45) is 6.08. The van der Waals surface area contributed by atoms with E-state index in [1.54, 1.807) is 24.2 Å². The molecule has 0 radical (unpaired) electrons. The van der Waals surface area contributed by atoms with E-state index in [0.717, 1.165) is 19.3 Å². The highest BCUT2D eigenvalue weighted by Crippen LogP contribution is 2.42. The summed E-state index contributed by atoms with van der Waals surface area (Å²) in [5, 5.41) is 14.3. The Balaban J connectivity index is 1.83. The summed E-state index contributed by atoms with van der Waals surface area (Å²) >= 11 is 0. The summed E-state index contributed by atoms with van der Waals surface area (Å²) in [6.45, 7) is 4.74. The number of hydrogen-bond acceptors (Lipinski definition) is 4. The van der Waals surface area contributed by atoms with Gasteiger partial charge in [0.15, 0.2) is 0 Å². The molecule has 0 bridgehead atoms. The van der Waals surface area contributed by atoms with Gasteiger partial charge < -0.3 is 14.7 Å². The van der Waals surface area contributed by atoms with Crippen LogP contribution in [0.3, 0.4) is 0 Å². The summed E-state index contributed by atoms with van der Waals surface area (Å²) in [5.41, 5.74) is 0.323. The van der Waals surface area contributed by atoms with Crippen LogP contribution in [-0.2, 0) is 4.74 Å². The van der Waals surface area contributed by atoms with Crippen LogP contribution >= 0.6 is 0 Å². The van der Waals surface area contributed by atoms with Crippen molar-refractivity contribution in [2.45, 2.75) is 63.3 Å². The quantitative estimate of drug-likeness (QED) is 0.921. The van der Waals surface area contributed by atoms with Crippen molar-refractivity contribution in [1.82, 2.24) is 14.7 Å². The summed E-state index contributed by atoms with van der Waals surface area (Å²) in [6, 6.07) is 0.186. The van der Waals surface area contributed by atoms with Gasteiger partial charge in [0, 0.05) is 25.9 Å². The molecule has 122 valence electrons. The maximum atomic E-state index is 12.8. The molecule has 0 unspecified atom stereocenters. The molecule has 3 rings (SSSR count). The Hall–Kier alpha value is -1.40. The molecule has 0 aromatic carbocycles. The van der Waals surface area contributed by atoms with Crippen molar-refractivity contribution in [3.8, 4) is 0 Å². The average molecular weight is 307 g/mol.